The van der Waals surface area contributed by atoms with Gasteiger partial charge in [0.1, 0.15) is 5.75 Å². The first-order chi connectivity index (χ1) is 9.08. The fraction of sp³-hybridized carbons (Fsp3) is 0.571. The van der Waals surface area contributed by atoms with E-state index in [1.54, 1.807) is 12.1 Å². The second-order valence-corrected chi connectivity index (χ2v) is 5.37. The van der Waals surface area contributed by atoms with Crippen molar-refractivity contribution in [1.82, 2.24) is 5.32 Å². The lowest BCUT2D eigenvalue weighted by molar-refractivity contribution is -0.0507. The van der Waals surface area contributed by atoms with Crippen LogP contribution in [0.15, 0.2) is 18.2 Å². The molecule has 2 rings (SSSR count). The van der Waals surface area contributed by atoms with E-state index in [1.165, 1.54) is 6.07 Å². The van der Waals surface area contributed by atoms with Gasteiger partial charge in [-0.2, -0.15) is 8.78 Å². The topological polar surface area (TPSA) is 21.3 Å². The zero-order valence-electron chi connectivity index (χ0n) is 10.8. The van der Waals surface area contributed by atoms with Gasteiger partial charge in [0.2, 0.25) is 0 Å². The van der Waals surface area contributed by atoms with Gasteiger partial charge in [-0.25, -0.2) is 0 Å². The molecule has 1 saturated heterocycles. The Morgan fingerprint density at radius 1 is 1.32 bits per heavy atom. The maximum Gasteiger partial charge on any atom is 0.387 e. The number of hydrogen-bond acceptors (Lipinski definition) is 2. The fourth-order valence-corrected chi connectivity index (χ4v) is 2.86. The minimum atomic E-state index is -2.81. The number of piperidine rings is 1. The molecule has 0 amide bonds. The molecule has 19 heavy (non-hydrogen) atoms. The SMILES string of the molecule is CC(c1cc(Cl)ccc1OC(F)F)C1CCNCC1. The number of hydrogen-bond donors (Lipinski definition) is 1. The minimum Gasteiger partial charge on any atom is -0.435 e. The molecule has 1 heterocycles. The van der Waals surface area contributed by atoms with Gasteiger partial charge in [-0.1, -0.05) is 18.5 Å². The molecule has 1 unspecified atom stereocenters. The van der Waals surface area contributed by atoms with Crippen LogP contribution in [0.25, 0.3) is 0 Å². The number of rotatable bonds is 4. The fourth-order valence-electron chi connectivity index (χ4n) is 2.68. The van der Waals surface area contributed by atoms with E-state index in [0.717, 1.165) is 31.5 Å². The van der Waals surface area contributed by atoms with Crippen LogP contribution in [0.4, 0.5) is 8.78 Å². The van der Waals surface area contributed by atoms with Gasteiger partial charge < -0.3 is 10.1 Å². The summed E-state index contributed by atoms with van der Waals surface area (Å²) >= 11 is 5.98. The van der Waals surface area contributed by atoms with Crippen molar-refractivity contribution in [3.05, 3.63) is 28.8 Å². The summed E-state index contributed by atoms with van der Waals surface area (Å²) in [5, 5.41) is 3.86. The average Bonchev–Trinajstić information content (AvgIpc) is 2.40. The number of nitrogens with one attached hydrogen (secondary N) is 1. The van der Waals surface area contributed by atoms with Gasteiger partial charge in [0.25, 0.3) is 0 Å². The molecule has 0 bridgehead atoms. The second kappa shape index (κ2) is 6.53. The summed E-state index contributed by atoms with van der Waals surface area (Å²) in [6, 6.07) is 4.85. The molecule has 0 aliphatic carbocycles. The van der Waals surface area contributed by atoms with Crippen molar-refractivity contribution < 1.29 is 13.5 Å². The monoisotopic (exact) mass is 289 g/mol. The van der Waals surface area contributed by atoms with Crippen LogP contribution >= 0.6 is 11.6 Å². The summed E-state index contributed by atoms with van der Waals surface area (Å²) in [5.74, 6) is 0.875. The highest BCUT2D eigenvalue weighted by Gasteiger charge is 2.24. The Bertz CT molecular complexity index is 422. The van der Waals surface area contributed by atoms with Crippen molar-refractivity contribution in [1.29, 1.82) is 0 Å². The molecule has 1 aliphatic heterocycles. The van der Waals surface area contributed by atoms with Crippen molar-refractivity contribution in [2.24, 2.45) is 5.92 Å². The summed E-state index contributed by atoms with van der Waals surface area (Å²) in [7, 11) is 0. The van der Waals surface area contributed by atoms with Gasteiger partial charge in [-0.15, -0.1) is 0 Å². The van der Waals surface area contributed by atoms with Crippen molar-refractivity contribution in [2.45, 2.75) is 32.3 Å². The number of halogens is 3. The molecule has 0 radical (unpaired) electrons. The van der Waals surface area contributed by atoms with Crippen LogP contribution in [0.2, 0.25) is 5.02 Å². The Labute approximate surface area is 117 Å². The van der Waals surface area contributed by atoms with Crippen LogP contribution in [0.5, 0.6) is 5.75 Å². The highest BCUT2D eigenvalue weighted by molar-refractivity contribution is 6.30. The molecule has 1 aromatic carbocycles. The van der Waals surface area contributed by atoms with Gasteiger partial charge in [0.15, 0.2) is 0 Å². The largest absolute Gasteiger partial charge is 0.435 e. The van der Waals surface area contributed by atoms with Crippen molar-refractivity contribution in [2.75, 3.05) is 13.1 Å². The molecule has 2 nitrogen and oxygen atoms in total. The zero-order chi connectivity index (χ0) is 13.8. The lowest BCUT2D eigenvalue weighted by Crippen LogP contribution is -2.30. The normalized spacial score (nSPS) is 18.6. The van der Waals surface area contributed by atoms with Crippen LogP contribution in [0.3, 0.4) is 0 Å². The first-order valence-electron chi connectivity index (χ1n) is 6.53. The molecule has 1 atom stereocenters. The maximum absolute atomic E-state index is 12.4. The first kappa shape index (κ1) is 14.5. The average molecular weight is 290 g/mol. The van der Waals surface area contributed by atoms with E-state index >= 15 is 0 Å². The Balaban J connectivity index is 2.22. The molecular formula is C14H18ClF2NO. The number of alkyl halides is 2. The summed E-state index contributed by atoms with van der Waals surface area (Å²) < 4.78 is 29.5. The predicted octanol–water partition coefficient (Wildman–Crippen LogP) is 4.04. The van der Waals surface area contributed by atoms with E-state index in [9.17, 15) is 8.78 Å². The van der Waals surface area contributed by atoms with Gasteiger partial charge in [0.05, 0.1) is 0 Å². The Hall–Kier alpha value is -0.870. The van der Waals surface area contributed by atoms with Crippen LogP contribution in [0, 0.1) is 5.92 Å². The lowest BCUT2D eigenvalue weighted by atomic mass is 9.81. The molecule has 0 spiro atoms. The minimum absolute atomic E-state index is 0.162. The van der Waals surface area contributed by atoms with E-state index in [4.69, 9.17) is 11.6 Å². The quantitative estimate of drug-likeness (QED) is 0.903. The van der Waals surface area contributed by atoms with Crippen LogP contribution in [-0.4, -0.2) is 19.7 Å². The van der Waals surface area contributed by atoms with E-state index in [-0.39, 0.29) is 11.7 Å². The van der Waals surface area contributed by atoms with Gasteiger partial charge >= 0.3 is 6.61 Å². The van der Waals surface area contributed by atoms with Crippen LogP contribution < -0.4 is 10.1 Å². The molecule has 1 aromatic rings. The van der Waals surface area contributed by atoms with E-state index in [1.807, 2.05) is 0 Å². The van der Waals surface area contributed by atoms with E-state index in [2.05, 4.69) is 17.0 Å². The van der Waals surface area contributed by atoms with Crippen LogP contribution in [0.1, 0.15) is 31.2 Å². The summed E-state index contributed by atoms with van der Waals surface area (Å²) in [6.07, 6.45) is 2.09. The van der Waals surface area contributed by atoms with E-state index in [0.29, 0.717) is 10.9 Å². The number of benzene rings is 1. The smallest absolute Gasteiger partial charge is 0.387 e. The first-order valence-corrected chi connectivity index (χ1v) is 6.90. The third kappa shape index (κ3) is 3.80. The third-order valence-electron chi connectivity index (χ3n) is 3.77. The van der Waals surface area contributed by atoms with Crippen LogP contribution in [-0.2, 0) is 0 Å². The standard InChI is InChI=1S/C14H18ClF2NO/c1-9(10-4-6-18-7-5-10)12-8-11(15)2-3-13(12)19-14(16)17/h2-3,8-10,14,18H,4-7H2,1H3. The highest BCUT2D eigenvalue weighted by atomic mass is 35.5. The molecule has 5 heteroatoms. The summed E-state index contributed by atoms with van der Waals surface area (Å²) in [4.78, 5) is 0. The van der Waals surface area contributed by atoms with Crippen molar-refractivity contribution in [3.8, 4) is 5.75 Å². The lowest BCUT2D eigenvalue weighted by Gasteiger charge is -2.29. The second-order valence-electron chi connectivity index (χ2n) is 4.94. The van der Waals surface area contributed by atoms with Gasteiger partial charge in [-0.3, -0.25) is 0 Å². The summed E-state index contributed by atoms with van der Waals surface area (Å²) in [6.45, 7) is 1.20. The van der Waals surface area contributed by atoms with Gasteiger partial charge in [-0.05, 0) is 61.5 Å². The third-order valence-corrected chi connectivity index (χ3v) is 4.00. The van der Waals surface area contributed by atoms with Crippen molar-refractivity contribution in [3.63, 3.8) is 0 Å². The molecule has 1 fully saturated rings. The zero-order valence-corrected chi connectivity index (χ0v) is 11.6. The van der Waals surface area contributed by atoms with Crippen molar-refractivity contribution >= 4 is 11.6 Å². The van der Waals surface area contributed by atoms with E-state index < -0.39 is 6.61 Å². The van der Waals surface area contributed by atoms with Gasteiger partial charge in [0, 0.05) is 5.02 Å². The predicted molar refractivity (Wildman–Crippen MR) is 72.1 cm³/mol. The summed E-state index contributed by atoms with van der Waals surface area (Å²) in [5.41, 5.74) is 0.778. The number of ether oxygens (including phenoxy) is 1. The highest BCUT2D eigenvalue weighted by Crippen LogP contribution is 2.37. The Morgan fingerprint density at radius 3 is 2.63 bits per heavy atom. The molecule has 0 saturated carbocycles. The molecule has 106 valence electrons. The molecule has 1 N–H and O–H groups in total. The Kier molecular flexibility index (Phi) is 4.99. The maximum atomic E-state index is 12.4. The molecule has 0 aromatic heterocycles. The molecular weight excluding hydrogens is 272 g/mol. The molecule has 1 aliphatic rings. The Morgan fingerprint density at radius 2 is 2.00 bits per heavy atom.